The molecule has 2 heterocycles. The minimum Gasteiger partial charge on any atom is -0.310 e. The predicted molar refractivity (Wildman–Crippen MR) is 71.2 cm³/mol. The van der Waals surface area contributed by atoms with Crippen LogP contribution in [-0.2, 0) is 0 Å². The van der Waals surface area contributed by atoms with E-state index in [2.05, 4.69) is 58.9 Å². The van der Waals surface area contributed by atoms with E-state index >= 15 is 0 Å². The SMILES string of the molecule is CC(C)n1cnnc1-c1cc2ccccc2s1. The van der Waals surface area contributed by atoms with Gasteiger partial charge in [-0.25, -0.2) is 0 Å². The lowest BCUT2D eigenvalue weighted by Crippen LogP contribution is -2.00. The Kier molecular flexibility index (Phi) is 2.44. The molecule has 0 N–H and O–H groups in total. The topological polar surface area (TPSA) is 30.7 Å². The van der Waals surface area contributed by atoms with E-state index in [1.54, 1.807) is 17.7 Å². The van der Waals surface area contributed by atoms with Gasteiger partial charge in [-0.2, -0.15) is 0 Å². The molecular weight excluding hydrogens is 230 g/mol. The summed E-state index contributed by atoms with van der Waals surface area (Å²) < 4.78 is 3.39. The van der Waals surface area contributed by atoms with Crippen molar-refractivity contribution in [1.29, 1.82) is 0 Å². The van der Waals surface area contributed by atoms with Crippen LogP contribution in [0.2, 0.25) is 0 Å². The first-order chi connectivity index (χ1) is 8.25. The third-order valence-electron chi connectivity index (χ3n) is 2.78. The maximum atomic E-state index is 4.23. The molecule has 0 amide bonds. The summed E-state index contributed by atoms with van der Waals surface area (Å²) in [5, 5.41) is 9.51. The second-order valence-corrected chi connectivity index (χ2v) is 5.39. The van der Waals surface area contributed by atoms with E-state index < -0.39 is 0 Å². The molecule has 0 atom stereocenters. The number of benzene rings is 1. The van der Waals surface area contributed by atoms with Crippen molar-refractivity contribution in [2.45, 2.75) is 19.9 Å². The molecule has 86 valence electrons. The summed E-state index contributed by atoms with van der Waals surface area (Å²) in [5.41, 5.74) is 0. The monoisotopic (exact) mass is 243 g/mol. The molecule has 0 fully saturated rings. The van der Waals surface area contributed by atoms with Crippen LogP contribution >= 0.6 is 11.3 Å². The normalized spacial score (nSPS) is 11.5. The van der Waals surface area contributed by atoms with Gasteiger partial charge in [-0.1, -0.05) is 18.2 Å². The van der Waals surface area contributed by atoms with Gasteiger partial charge >= 0.3 is 0 Å². The highest BCUT2D eigenvalue weighted by Gasteiger charge is 2.12. The van der Waals surface area contributed by atoms with Crippen LogP contribution in [-0.4, -0.2) is 14.8 Å². The number of rotatable bonds is 2. The highest BCUT2D eigenvalue weighted by atomic mass is 32.1. The Bertz CT molecular complexity index is 618. The fraction of sp³-hybridized carbons (Fsp3) is 0.231. The largest absolute Gasteiger partial charge is 0.310 e. The van der Waals surface area contributed by atoms with Crippen molar-refractivity contribution in [2.24, 2.45) is 0 Å². The van der Waals surface area contributed by atoms with Gasteiger partial charge < -0.3 is 4.57 Å². The van der Waals surface area contributed by atoms with Gasteiger partial charge in [-0.3, -0.25) is 0 Å². The summed E-state index contributed by atoms with van der Waals surface area (Å²) >= 11 is 1.76. The van der Waals surface area contributed by atoms with Crippen LogP contribution in [0.5, 0.6) is 0 Å². The third kappa shape index (κ3) is 1.74. The highest BCUT2D eigenvalue weighted by molar-refractivity contribution is 7.22. The quantitative estimate of drug-likeness (QED) is 0.686. The summed E-state index contributed by atoms with van der Waals surface area (Å²) in [5.74, 6) is 0.959. The van der Waals surface area contributed by atoms with Crippen molar-refractivity contribution in [3.05, 3.63) is 36.7 Å². The molecular formula is C13H13N3S. The van der Waals surface area contributed by atoms with Gasteiger partial charge in [0.05, 0.1) is 4.88 Å². The maximum Gasteiger partial charge on any atom is 0.174 e. The van der Waals surface area contributed by atoms with E-state index in [1.165, 1.54) is 15.0 Å². The Balaban J connectivity index is 2.17. The average Bonchev–Trinajstić information content (AvgIpc) is 2.95. The first kappa shape index (κ1) is 10.5. The zero-order chi connectivity index (χ0) is 11.8. The van der Waals surface area contributed by atoms with E-state index in [-0.39, 0.29) is 0 Å². The van der Waals surface area contributed by atoms with Crippen LogP contribution in [0.4, 0.5) is 0 Å². The van der Waals surface area contributed by atoms with Crippen molar-refractivity contribution in [2.75, 3.05) is 0 Å². The van der Waals surface area contributed by atoms with Crippen LogP contribution in [0.3, 0.4) is 0 Å². The lowest BCUT2D eigenvalue weighted by Gasteiger charge is -2.07. The Morgan fingerprint density at radius 2 is 2.06 bits per heavy atom. The summed E-state index contributed by atoms with van der Waals surface area (Å²) in [7, 11) is 0. The van der Waals surface area contributed by atoms with Crippen LogP contribution in [0.25, 0.3) is 20.8 Å². The molecule has 0 radical (unpaired) electrons. The fourth-order valence-corrected chi connectivity index (χ4v) is 2.94. The number of hydrogen-bond acceptors (Lipinski definition) is 3. The zero-order valence-electron chi connectivity index (χ0n) is 9.79. The molecule has 0 saturated carbocycles. The molecule has 3 aromatic rings. The van der Waals surface area contributed by atoms with E-state index in [0.29, 0.717) is 6.04 Å². The van der Waals surface area contributed by atoms with Crippen molar-refractivity contribution in [1.82, 2.24) is 14.8 Å². The molecule has 0 bridgehead atoms. The minimum absolute atomic E-state index is 0.380. The standard InChI is InChI=1S/C13H13N3S/c1-9(2)16-8-14-15-13(16)12-7-10-5-3-4-6-11(10)17-12/h3-9H,1-2H3. The minimum atomic E-state index is 0.380. The molecule has 0 saturated heterocycles. The van der Waals surface area contributed by atoms with Gasteiger partial charge in [0.15, 0.2) is 5.82 Å². The second-order valence-electron chi connectivity index (χ2n) is 4.30. The van der Waals surface area contributed by atoms with Crippen molar-refractivity contribution in [3.63, 3.8) is 0 Å². The number of thiophene rings is 1. The second kappa shape index (κ2) is 3.96. The molecule has 0 unspecified atom stereocenters. The lowest BCUT2D eigenvalue weighted by molar-refractivity contribution is 0.604. The zero-order valence-corrected chi connectivity index (χ0v) is 10.6. The Hall–Kier alpha value is -1.68. The number of fused-ring (bicyclic) bond motifs is 1. The summed E-state index contributed by atoms with van der Waals surface area (Å²) in [6.45, 7) is 4.28. The van der Waals surface area contributed by atoms with Crippen LogP contribution in [0, 0.1) is 0 Å². The van der Waals surface area contributed by atoms with Crippen molar-refractivity contribution < 1.29 is 0 Å². The molecule has 0 aliphatic rings. The van der Waals surface area contributed by atoms with Crippen molar-refractivity contribution in [3.8, 4) is 10.7 Å². The summed E-state index contributed by atoms with van der Waals surface area (Å²) in [4.78, 5) is 1.18. The molecule has 3 rings (SSSR count). The predicted octanol–water partition coefficient (Wildman–Crippen LogP) is 3.74. The lowest BCUT2D eigenvalue weighted by atomic mass is 10.2. The van der Waals surface area contributed by atoms with E-state index in [1.807, 2.05) is 0 Å². The molecule has 2 aromatic heterocycles. The molecule has 4 heteroatoms. The first-order valence-electron chi connectivity index (χ1n) is 5.64. The van der Waals surface area contributed by atoms with E-state index in [4.69, 9.17) is 0 Å². The van der Waals surface area contributed by atoms with Gasteiger partial charge in [0.1, 0.15) is 6.33 Å². The van der Waals surface area contributed by atoms with Gasteiger partial charge in [-0.05, 0) is 31.4 Å². The van der Waals surface area contributed by atoms with Crippen LogP contribution < -0.4 is 0 Å². The summed E-state index contributed by atoms with van der Waals surface area (Å²) in [6, 6.07) is 11.0. The van der Waals surface area contributed by atoms with Gasteiger partial charge in [0, 0.05) is 10.7 Å². The molecule has 17 heavy (non-hydrogen) atoms. The first-order valence-corrected chi connectivity index (χ1v) is 6.46. The average molecular weight is 243 g/mol. The van der Waals surface area contributed by atoms with Crippen LogP contribution in [0.1, 0.15) is 19.9 Å². The highest BCUT2D eigenvalue weighted by Crippen LogP contribution is 2.32. The number of hydrogen-bond donors (Lipinski definition) is 0. The van der Waals surface area contributed by atoms with Gasteiger partial charge in [-0.15, -0.1) is 21.5 Å². The van der Waals surface area contributed by atoms with Gasteiger partial charge in [0.25, 0.3) is 0 Å². The molecule has 1 aromatic carbocycles. The smallest absolute Gasteiger partial charge is 0.174 e. The van der Waals surface area contributed by atoms with E-state index in [9.17, 15) is 0 Å². The Morgan fingerprint density at radius 1 is 1.24 bits per heavy atom. The Labute approximate surface area is 104 Å². The number of aromatic nitrogens is 3. The molecule has 0 spiro atoms. The maximum absolute atomic E-state index is 4.23. The van der Waals surface area contributed by atoms with Gasteiger partial charge in [0.2, 0.25) is 0 Å². The van der Waals surface area contributed by atoms with Crippen LogP contribution in [0.15, 0.2) is 36.7 Å². The fourth-order valence-electron chi connectivity index (χ4n) is 1.89. The Morgan fingerprint density at radius 3 is 2.82 bits per heavy atom. The molecule has 0 aliphatic carbocycles. The third-order valence-corrected chi connectivity index (χ3v) is 3.89. The van der Waals surface area contributed by atoms with Crippen molar-refractivity contribution >= 4 is 21.4 Å². The molecule has 0 aliphatic heterocycles. The summed E-state index contributed by atoms with van der Waals surface area (Å²) in [6.07, 6.45) is 1.80. The number of nitrogens with zero attached hydrogens (tertiary/aromatic N) is 3. The molecule has 3 nitrogen and oxygen atoms in total. The van der Waals surface area contributed by atoms with E-state index in [0.717, 1.165) is 5.82 Å².